The summed E-state index contributed by atoms with van der Waals surface area (Å²) in [6, 6.07) is 0.232. The molecule has 1 N–H and O–H groups in total. The van der Waals surface area contributed by atoms with Crippen LogP contribution in [0, 0.1) is 0 Å². The molecule has 1 rings (SSSR count). The van der Waals surface area contributed by atoms with Crippen molar-refractivity contribution in [2.24, 2.45) is 0 Å². The molecule has 1 aliphatic rings. The second-order valence-corrected chi connectivity index (χ2v) is 11.9. The summed E-state index contributed by atoms with van der Waals surface area (Å²) in [6.07, 6.45) is 27.2. The second-order valence-electron chi connectivity index (χ2n) is 11.9. The van der Waals surface area contributed by atoms with E-state index in [-0.39, 0.29) is 12.1 Å². The summed E-state index contributed by atoms with van der Waals surface area (Å²) in [4.78, 5) is 34.0. The van der Waals surface area contributed by atoms with Crippen molar-refractivity contribution in [1.82, 2.24) is 20.2 Å². The molecule has 1 saturated heterocycles. The molecule has 1 aliphatic heterocycles. The van der Waals surface area contributed by atoms with E-state index in [1.807, 2.05) is 19.0 Å². The minimum Gasteiger partial charge on any atom is -0.338 e. The Morgan fingerprint density at radius 2 is 1.38 bits per heavy atom. The number of likely N-dealkylation sites (tertiary alicyclic amines) is 1. The number of hydrogen-bond acceptors (Lipinski definition) is 4. The van der Waals surface area contributed by atoms with Gasteiger partial charge in [-0.25, -0.2) is 9.86 Å². The van der Waals surface area contributed by atoms with Crippen LogP contribution in [-0.4, -0.2) is 80.2 Å². The number of hydroxylamine groups is 2. The van der Waals surface area contributed by atoms with Crippen LogP contribution in [0.25, 0.3) is 0 Å². The highest BCUT2D eigenvalue weighted by atomic mass is 16.7. The lowest BCUT2D eigenvalue weighted by Crippen LogP contribution is -2.49. The van der Waals surface area contributed by atoms with Crippen LogP contribution in [0.4, 0.5) is 4.79 Å². The number of piperidine rings is 1. The highest BCUT2D eigenvalue weighted by Crippen LogP contribution is 2.20. The maximum Gasteiger partial charge on any atom is 0.317 e. The van der Waals surface area contributed by atoms with Gasteiger partial charge in [-0.3, -0.25) is 9.63 Å². The quantitative estimate of drug-likeness (QED) is 0.0684. The summed E-state index contributed by atoms with van der Waals surface area (Å²) in [5.74, 6) is 0. The van der Waals surface area contributed by atoms with Crippen LogP contribution in [-0.2, 0) is 9.63 Å². The lowest BCUT2D eigenvalue weighted by atomic mass is 10.0. The van der Waals surface area contributed by atoms with Gasteiger partial charge in [0.2, 0.25) is 6.41 Å². The highest BCUT2D eigenvalue weighted by Gasteiger charge is 2.26. The Labute approximate surface area is 241 Å². The van der Waals surface area contributed by atoms with Gasteiger partial charge in [-0.15, -0.1) is 0 Å². The van der Waals surface area contributed by atoms with Crippen LogP contribution in [0.2, 0.25) is 0 Å². The SMILES string of the molecule is CCCCCCCCCCCCCCCCCCN(C=O)OCCC1CCCCN1C(=O)NCCCN(C)C. The summed E-state index contributed by atoms with van der Waals surface area (Å²) in [5.41, 5.74) is 0. The normalized spacial score (nSPS) is 15.6. The fourth-order valence-electron chi connectivity index (χ4n) is 5.53. The molecule has 7 nitrogen and oxygen atoms in total. The third kappa shape index (κ3) is 20.2. The largest absolute Gasteiger partial charge is 0.338 e. The number of carbonyl (C=O) groups is 2. The molecule has 0 aliphatic carbocycles. The molecule has 0 aromatic carbocycles. The van der Waals surface area contributed by atoms with Crippen LogP contribution >= 0.6 is 0 Å². The van der Waals surface area contributed by atoms with E-state index in [1.165, 1.54) is 95.0 Å². The molecule has 0 aromatic rings. The van der Waals surface area contributed by atoms with Crippen molar-refractivity contribution in [3.8, 4) is 0 Å². The Morgan fingerprint density at radius 1 is 0.821 bits per heavy atom. The monoisotopic (exact) mass is 552 g/mol. The molecule has 0 saturated carbocycles. The van der Waals surface area contributed by atoms with E-state index in [0.29, 0.717) is 19.7 Å². The van der Waals surface area contributed by atoms with Gasteiger partial charge >= 0.3 is 6.03 Å². The fourth-order valence-corrected chi connectivity index (χ4v) is 5.53. The van der Waals surface area contributed by atoms with Crippen molar-refractivity contribution in [3.63, 3.8) is 0 Å². The van der Waals surface area contributed by atoms with Crippen LogP contribution in [0.3, 0.4) is 0 Å². The van der Waals surface area contributed by atoms with Crippen molar-refractivity contribution in [3.05, 3.63) is 0 Å². The summed E-state index contributed by atoms with van der Waals surface area (Å²) >= 11 is 0. The zero-order valence-electron chi connectivity index (χ0n) is 26.1. The number of hydrogen-bond donors (Lipinski definition) is 1. The van der Waals surface area contributed by atoms with Gasteiger partial charge in [-0.1, -0.05) is 103 Å². The molecule has 1 unspecified atom stereocenters. The first-order chi connectivity index (χ1) is 19.1. The smallest absolute Gasteiger partial charge is 0.317 e. The van der Waals surface area contributed by atoms with Crippen LogP contribution in [0.5, 0.6) is 0 Å². The molecule has 7 heteroatoms. The predicted octanol–water partition coefficient (Wildman–Crippen LogP) is 7.54. The summed E-state index contributed by atoms with van der Waals surface area (Å²) in [7, 11) is 4.09. The summed E-state index contributed by atoms with van der Waals surface area (Å²) in [5, 5.41) is 4.53. The van der Waals surface area contributed by atoms with Crippen molar-refractivity contribution < 1.29 is 14.4 Å². The molecule has 3 amide bonds. The van der Waals surface area contributed by atoms with Crippen LogP contribution in [0.15, 0.2) is 0 Å². The maximum atomic E-state index is 12.7. The molecule has 1 fully saturated rings. The summed E-state index contributed by atoms with van der Waals surface area (Å²) < 4.78 is 0. The highest BCUT2D eigenvalue weighted by molar-refractivity contribution is 5.74. The number of amides is 3. The molecule has 1 atom stereocenters. The molecule has 0 radical (unpaired) electrons. The fraction of sp³-hybridized carbons (Fsp3) is 0.938. The van der Waals surface area contributed by atoms with Gasteiger partial charge in [0, 0.05) is 25.7 Å². The zero-order chi connectivity index (χ0) is 28.4. The molecular weight excluding hydrogens is 488 g/mol. The van der Waals surface area contributed by atoms with E-state index in [2.05, 4.69) is 17.1 Å². The van der Waals surface area contributed by atoms with E-state index in [0.717, 1.165) is 64.4 Å². The summed E-state index contributed by atoms with van der Waals surface area (Å²) in [6.45, 7) is 5.90. The number of rotatable bonds is 26. The van der Waals surface area contributed by atoms with Gasteiger partial charge in [0.1, 0.15) is 0 Å². The second kappa shape index (κ2) is 25.6. The van der Waals surface area contributed by atoms with Gasteiger partial charge in [-0.2, -0.15) is 0 Å². The molecular formula is C32H64N4O3. The van der Waals surface area contributed by atoms with Gasteiger partial charge in [0.15, 0.2) is 0 Å². The average Bonchev–Trinajstić information content (AvgIpc) is 2.94. The first kappa shape index (κ1) is 35.7. The van der Waals surface area contributed by atoms with Gasteiger partial charge in [0.05, 0.1) is 6.61 Å². The number of carbonyl (C=O) groups excluding carboxylic acids is 2. The molecule has 0 spiro atoms. The lowest BCUT2D eigenvalue weighted by Gasteiger charge is -2.36. The standard InChI is InChI=1S/C32H64N4O3/c1-4-5-6-7-8-9-10-11-12-13-14-15-16-17-18-20-27-35(30-37)39-29-24-31-23-19-21-28-36(31)32(38)33-25-22-26-34(2)3/h30-31H,4-29H2,1-3H3,(H,33,38). The molecule has 0 aromatic heterocycles. The number of urea groups is 1. The van der Waals surface area contributed by atoms with Gasteiger partial charge < -0.3 is 15.1 Å². The molecule has 39 heavy (non-hydrogen) atoms. The Kier molecular flexibility index (Phi) is 23.4. The first-order valence-corrected chi connectivity index (χ1v) is 16.6. The van der Waals surface area contributed by atoms with E-state index >= 15 is 0 Å². The van der Waals surface area contributed by atoms with Gasteiger partial charge in [-0.05, 0) is 59.2 Å². The number of nitrogens with one attached hydrogen (secondary N) is 1. The minimum absolute atomic E-state index is 0.0406. The van der Waals surface area contributed by atoms with Crippen molar-refractivity contribution in [1.29, 1.82) is 0 Å². The average molecular weight is 553 g/mol. The van der Waals surface area contributed by atoms with E-state index in [4.69, 9.17) is 4.84 Å². The number of nitrogens with zero attached hydrogens (tertiary/aromatic N) is 3. The van der Waals surface area contributed by atoms with E-state index in [9.17, 15) is 9.59 Å². The predicted molar refractivity (Wildman–Crippen MR) is 164 cm³/mol. The molecule has 230 valence electrons. The van der Waals surface area contributed by atoms with Crippen molar-refractivity contribution in [2.45, 2.75) is 148 Å². The lowest BCUT2D eigenvalue weighted by molar-refractivity contribution is -0.174. The van der Waals surface area contributed by atoms with Gasteiger partial charge in [0.25, 0.3) is 0 Å². The Hall–Kier alpha value is -1.34. The van der Waals surface area contributed by atoms with Crippen LogP contribution < -0.4 is 5.32 Å². The third-order valence-electron chi connectivity index (χ3n) is 8.00. The number of unbranched alkanes of at least 4 members (excludes halogenated alkanes) is 15. The maximum absolute atomic E-state index is 12.7. The Balaban J connectivity index is 2.01. The van der Waals surface area contributed by atoms with Crippen molar-refractivity contribution >= 4 is 12.4 Å². The van der Waals surface area contributed by atoms with Crippen molar-refractivity contribution in [2.75, 3.05) is 46.9 Å². The Bertz CT molecular complexity index is 576. The Morgan fingerprint density at radius 3 is 1.92 bits per heavy atom. The molecule has 0 bridgehead atoms. The first-order valence-electron chi connectivity index (χ1n) is 16.6. The molecule has 1 heterocycles. The third-order valence-corrected chi connectivity index (χ3v) is 8.00. The minimum atomic E-state index is 0.0406. The van der Waals surface area contributed by atoms with E-state index < -0.39 is 0 Å². The van der Waals surface area contributed by atoms with E-state index in [1.54, 1.807) is 0 Å². The zero-order valence-corrected chi connectivity index (χ0v) is 26.1. The topological polar surface area (TPSA) is 65.1 Å². The van der Waals surface area contributed by atoms with Crippen LogP contribution in [0.1, 0.15) is 142 Å².